The average molecular weight is 463 g/mol. The molecular weight excluding hydrogens is 428 g/mol. The number of fused-ring (bicyclic) bond motifs is 2. The molecule has 2 aromatic carbocycles. The lowest BCUT2D eigenvalue weighted by Gasteiger charge is -2.60. The van der Waals surface area contributed by atoms with E-state index in [2.05, 4.69) is 4.90 Å². The second-order valence-corrected chi connectivity index (χ2v) is 10.6. The van der Waals surface area contributed by atoms with Crippen molar-refractivity contribution in [3.63, 3.8) is 0 Å². The molecule has 34 heavy (non-hydrogen) atoms. The molecule has 0 radical (unpaired) electrons. The molecule has 6 rings (SSSR count). The minimum absolute atomic E-state index is 0.00688. The number of benzene rings is 2. The van der Waals surface area contributed by atoms with Crippen molar-refractivity contribution >= 4 is 5.91 Å². The summed E-state index contributed by atoms with van der Waals surface area (Å²) < 4.78 is 5.30. The Morgan fingerprint density at radius 2 is 2.00 bits per heavy atom. The van der Waals surface area contributed by atoms with Crippen molar-refractivity contribution in [3.05, 3.63) is 65.2 Å². The van der Waals surface area contributed by atoms with Crippen molar-refractivity contribution in [2.24, 2.45) is 5.92 Å². The van der Waals surface area contributed by atoms with Gasteiger partial charge in [0.05, 0.1) is 5.60 Å². The zero-order chi connectivity index (χ0) is 23.5. The summed E-state index contributed by atoms with van der Waals surface area (Å²) in [5, 5.41) is 23.1. The van der Waals surface area contributed by atoms with E-state index < -0.39 is 11.0 Å². The maximum Gasteiger partial charge on any atom is 0.254 e. The number of aliphatic hydroxyl groups is 1. The van der Waals surface area contributed by atoms with E-state index in [9.17, 15) is 15.0 Å². The Balaban J connectivity index is 1.42. The monoisotopic (exact) mass is 462 g/mol. The summed E-state index contributed by atoms with van der Waals surface area (Å²) in [7, 11) is 1.73. The summed E-state index contributed by atoms with van der Waals surface area (Å²) in [5.41, 5.74) is 1.70. The number of aromatic hydroxyl groups is 1. The van der Waals surface area contributed by atoms with E-state index in [0.717, 1.165) is 50.9 Å². The van der Waals surface area contributed by atoms with Gasteiger partial charge < -0.3 is 19.8 Å². The van der Waals surface area contributed by atoms with Gasteiger partial charge in [0.25, 0.3) is 5.91 Å². The molecule has 2 saturated heterocycles. The number of methoxy groups -OCH3 is 1. The fourth-order valence-corrected chi connectivity index (χ4v) is 8.03. The molecule has 3 fully saturated rings. The zero-order valence-corrected chi connectivity index (χ0v) is 19.8. The summed E-state index contributed by atoms with van der Waals surface area (Å²) in [6, 6.07) is 15.3. The summed E-state index contributed by atoms with van der Waals surface area (Å²) in [6.07, 6.45) is 4.03. The fourth-order valence-electron chi connectivity index (χ4n) is 8.03. The normalized spacial score (nSPS) is 33.9. The predicted octanol–water partition coefficient (Wildman–Crippen LogP) is 2.96. The fraction of sp³-hybridized carbons (Fsp3) is 0.536. The first-order valence-electron chi connectivity index (χ1n) is 12.6. The van der Waals surface area contributed by atoms with Crippen LogP contribution in [0.25, 0.3) is 0 Å². The third-order valence-corrected chi connectivity index (χ3v) is 9.32. The van der Waals surface area contributed by atoms with Crippen LogP contribution in [-0.4, -0.2) is 77.0 Å². The van der Waals surface area contributed by atoms with Gasteiger partial charge >= 0.3 is 0 Å². The van der Waals surface area contributed by atoms with Crippen LogP contribution in [0.15, 0.2) is 48.5 Å². The van der Waals surface area contributed by atoms with Crippen LogP contribution in [0.4, 0.5) is 0 Å². The molecule has 2 aromatic rings. The summed E-state index contributed by atoms with van der Waals surface area (Å²) in [6.45, 7) is 3.24. The van der Waals surface area contributed by atoms with Crippen LogP contribution < -0.4 is 0 Å². The van der Waals surface area contributed by atoms with Gasteiger partial charge in [-0.3, -0.25) is 9.69 Å². The first kappa shape index (κ1) is 22.1. The topological polar surface area (TPSA) is 73.2 Å². The lowest BCUT2D eigenvalue weighted by Crippen LogP contribution is -2.70. The summed E-state index contributed by atoms with van der Waals surface area (Å²) >= 11 is 0. The second-order valence-electron chi connectivity index (χ2n) is 10.6. The quantitative estimate of drug-likeness (QED) is 0.669. The van der Waals surface area contributed by atoms with Gasteiger partial charge in [0.15, 0.2) is 0 Å². The number of carbonyl (C=O) groups excluding carboxylic acids is 1. The number of rotatable bonds is 5. The number of hydrogen-bond donors (Lipinski definition) is 2. The maximum absolute atomic E-state index is 13.5. The van der Waals surface area contributed by atoms with E-state index in [1.165, 1.54) is 5.56 Å². The first-order chi connectivity index (χ1) is 16.5. The highest BCUT2D eigenvalue weighted by atomic mass is 16.5. The second kappa shape index (κ2) is 8.08. The van der Waals surface area contributed by atoms with E-state index >= 15 is 0 Å². The number of piperidine rings is 1. The maximum atomic E-state index is 13.5. The van der Waals surface area contributed by atoms with Crippen molar-refractivity contribution in [2.45, 2.75) is 55.2 Å². The average Bonchev–Trinajstić information content (AvgIpc) is 3.36. The number of carbonyl (C=O) groups is 1. The van der Waals surface area contributed by atoms with Crippen LogP contribution in [0.1, 0.15) is 47.2 Å². The lowest BCUT2D eigenvalue weighted by molar-refractivity contribution is -0.141. The zero-order valence-electron chi connectivity index (χ0n) is 19.8. The van der Waals surface area contributed by atoms with Gasteiger partial charge in [-0.05, 0) is 80.0 Å². The predicted molar refractivity (Wildman–Crippen MR) is 129 cm³/mol. The molecule has 5 atom stereocenters. The van der Waals surface area contributed by atoms with Crippen LogP contribution in [-0.2, 0) is 16.6 Å². The molecule has 5 unspecified atom stereocenters. The van der Waals surface area contributed by atoms with E-state index in [1.807, 2.05) is 47.4 Å². The third kappa shape index (κ3) is 2.95. The van der Waals surface area contributed by atoms with Crippen LogP contribution in [0.5, 0.6) is 5.75 Å². The molecule has 2 N–H and O–H groups in total. The molecule has 4 aliphatic rings. The van der Waals surface area contributed by atoms with Gasteiger partial charge in [0.2, 0.25) is 0 Å². The van der Waals surface area contributed by atoms with Crippen molar-refractivity contribution in [2.75, 3.05) is 33.4 Å². The van der Waals surface area contributed by atoms with E-state index in [4.69, 9.17) is 4.74 Å². The SMILES string of the molecule is COCCCN1CCC23c4cc(O)ccc4CC1C2(O)CC1C3CCN1C(=O)c1ccccc1. The van der Waals surface area contributed by atoms with Gasteiger partial charge in [-0.25, -0.2) is 0 Å². The minimum Gasteiger partial charge on any atom is -0.508 e. The molecule has 0 aromatic heterocycles. The lowest BCUT2D eigenvalue weighted by atomic mass is 9.53. The number of amides is 1. The van der Waals surface area contributed by atoms with Gasteiger partial charge in [0.1, 0.15) is 5.75 Å². The molecule has 1 amide bonds. The number of ether oxygens (including phenoxy) is 1. The van der Waals surface area contributed by atoms with Gasteiger partial charge in [0, 0.05) is 49.9 Å². The highest BCUT2D eigenvalue weighted by Gasteiger charge is 2.73. The molecule has 180 valence electrons. The van der Waals surface area contributed by atoms with Crippen molar-refractivity contribution in [1.29, 1.82) is 0 Å². The number of nitrogens with zero attached hydrogens (tertiary/aromatic N) is 2. The van der Waals surface area contributed by atoms with E-state index in [1.54, 1.807) is 13.2 Å². The van der Waals surface area contributed by atoms with Crippen LogP contribution >= 0.6 is 0 Å². The molecule has 2 heterocycles. The van der Waals surface area contributed by atoms with Crippen molar-refractivity contribution in [1.82, 2.24) is 9.80 Å². The van der Waals surface area contributed by atoms with Crippen LogP contribution in [0, 0.1) is 5.92 Å². The van der Waals surface area contributed by atoms with Crippen LogP contribution in [0.3, 0.4) is 0 Å². The minimum atomic E-state index is -0.927. The molecule has 6 nitrogen and oxygen atoms in total. The smallest absolute Gasteiger partial charge is 0.254 e. The Morgan fingerprint density at radius 3 is 2.79 bits per heavy atom. The number of hydrogen-bond acceptors (Lipinski definition) is 5. The highest BCUT2D eigenvalue weighted by Crippen LogP contribution is 2.65. The molecule has 1 saturated carbocycles. The highest BCUT2D eigenvalue weighted by molar-refractivity contribution is 5.94. The summed E-state index contributed by atoms with van der Waals surface area (Å²) in [4.78, 5) is 18.0. The number of phenols is 1. The Kier molecular flexibility index (Phi) is 5.24. The first-order valence-corrected chi connectivity index (χ1v) is 12.6. The Bertz CT molecular complexity index is 1090. The molecule has 2 aliphatic carbocycles. The standard InChI is InChI=1S/C28H34N2O4/c1-34-15-5-12-29-14-11-27-22-10-13-30(26(32)19-6-3-2-4-7-19)24(22)18-28(27,33)25(29)16-20-8-9-21(31)17-23(20)27/h2-4,6-9,17,22,24-25,31,33H,5,10-16,18H2,1H3. The third-order valence-electron chi connectivity index (χ3n) is 9.32. The summed E-state index contributed by atoms with van der Waals surface area (Å²) in [5.74, 6) is 0.513. The Hall–Kier alpha value is -2.41. The van der Waals surface area contributed by atoms with E-state index in [-0.39, 0.29) is 29.7 Å². The molecule has 2 bridgehead atoms. The Labute approximate surface area is 201 Å². The van der Waals surface area contributed by atoms with E-state index in [0.29, 0.717) is 18.6 Å². The molecular formula is C28H34N2O4. The van der Waals surface area contributed by atoms with Gasteiger partial charge in [-0.15, -0.1) is 0 Å². The largest absolute Gasteiger partial charge is 0.508 e. The number of likely N-dealkylation sites (tertiary alicyclic amines) is 2. The van der Waals surface area contributed by atoms with Gasteiger partial charge in [-0.2, -0.15) is 0 Å². The van der Waals surface area contributed by atoms with Crippen molar-refractivity contribution in [3.8, 4) is 5.75 Å². The Morgan fingerprint density at radius 1 is 1.18 bits per heavy atom. The van der Waals surface area contributed by atoms with Gasteiger partial charge in [-0.1, -0.05) is 24.3 Å². The molecule has 2 aliphatic heterocycles. The van der Waals surface area contributed by atoms with Crippen molar-refractivity contribution < 1.29 is 19.7 Å². The molecule has 0 spiro atoms. The molecule has 6 heteroatoms. The van der Waals surface area contributed by atoms with Crippen LogP contribution in [0.2, 0.25) is 0 Å². The number of phenolic OH excluding ortho intramolecular Hbond substituents is 1.